The topological polar surface area (TPSA) is 95.7 Å². The zero-order valence-electron chi connectivity index (χ0n) is 15.2. The Hall–Kier alpha value is -3.06. The van der Waals surface area contributed by atoms with Crippen LogP contribution in [-0.2, 0) is 4.79 Å². The fourth-order valence-electron chi connectivity index (χ4n) is 3.07. The first kappa shape index (κ1) is 19.7. The Kier molecular flexibility index (Phi) is 6.16. The van der Waals surface area contributed by atoms with E-state index in [4.69, 9.17) is 17.3 Å². The molecule has 28 heavy (non-hydrogen) atoms. The summed E-state index contributed by atoms with van der Waals surface area (Å²) in [5.74, 6) is -1.18. The molecule has 1 aliphatic heterocycles. The van der Waals surface area contributed by atoms with Gasteiger partial charge in [-0.1, -0.05) is 23.7 Å². The molecule has 0 radical (unpaired) electrons. The predicted molar refractivity (Wildman–Crippen MR) is 108 cm³/mol. The minimum absolute atomic E-state index is 0.100. The highest BCUT2D eigenvalue weighted by Crippen LogP contribution is 2.20. The summed E-state index contributed by atoms with van der Waals surface area (Å²) in [6.07, 6.45) is 0. The Morgan fingerprint density at radius 3 is 2.32 bits per heavy atom. The molecule has 2 aromatic rings. The highest BCUT2D eigenvalue weighted by atomic mass is 35.5. The summed E-state index contributed by atoms with van der Waals surface area (Å²) in [4.78, 5) is 39.7. The molecule has 146 valence electrons. The average molecular weight is 401 g/mol. The summed E-state index contributed by atoms with van der Waals surface area (Å²) in [6.45, 7) is 2.43. The molecule has 0 spiro atoms. The number of benzene rings is 2. The van der Waals surface area contributed by atoms with E-state index in [1.165, 1.54) is 12.1 Å². The van der Waals surface area contributed by atoms with Gasteiger partial charge in [0.15, 0.2) is 0 Å². The lowest BCUT2D eigenvalue weighted by Crippen LogP contribution is -2.51. The van der Waals surface area contributed by atoms with Crippen LogP contribution in [-0.4, -0.2) is 55.3 Å². The Labute approximate surface area is 168 Å². The molecular weight excluding hydrogens is 380 g/mol. The first-order valence-electron chi connectivity index (χ1n) is 8.90. The van der Waals surface area contributed by atoms with Crippen LogP contribution in [0.5, 0.6) is 0 Å². The maximum Gasteiger partial charge on any atom is 0.251 e. The Morgan fingerprint density at radius 2 is 1.64 bits per heavy atom. The van der Waals surface area contributed by atoms with Gasteiger partial charge in [0, 0.05) is 48.0 Å². The van der Waals surface area contributed by atoms with E-state index in [0.29, 0.717) is 31.2 Å². The summed E-state index contributed by atoms with van der Waals surface area (Å²) in [5, 5.41) is 3.28. The number of nitrogens with two attached hydrogens (primary N) is 1. The number of piperazine rings is 1. The third-order valence-corrected chi connectivity index (χ3v) is 4.85. The molecular formula is C20H21ClN4O3. The van der Waals surface area contributed by atoms with E-state index in [1.807, 2.05) is 24.3 Å². The van der Waals surface area contributed by atoms with Crippen molar-refractivity contribution in [1.82, 2.24) is 10.2 Å². The normalized spacial score (nSPS) is 13.9. The van der Waals surface area contributed by atoms with Crippen molar-refractivity contribution in [2.45, 2.75) is 0 Å². The van der Waals surface area contributed by atoms with E-state index >= 15 is 0 Å². The van der Waals surface area contributed by atoms with Crippen LogP contribution in [0.3, 0.4) is 0 Å². The lowest BCUT2D eigenvalue weighted by atomic mass is 10.1. The molecule has 0 unspecified atom stereocenters. The van der Waals surface area contributed by atoms with Gasteiger partial charge < -0.3 is 20.9 Å². The standard InChI is InChI=1S/C20H21ClN4O3/c21-16-5-2-6-17(12-16)24-7-9-25(10-8-24)18(26)13-23-20(28)15-4-1-3-14(11-15)19(22)27/h1-6,11-12H,7-10,13H2,(H2,22,27)(H,23,28). The van der Waals surface area contributed by atoms with Crippen LogP contribution in [0, 0.1) is 0 Å². The quantitative estimate of drug-likeness (QED) is 0.795. The molecule has 0 saturated carbocycles. The largest absolute Gasteiger partial charge is 0.368 e. The zero-order valence-corrected chi connectivity index (χ0v) is 16.0. The Morgan fingerprint density at radius 1 is 0.964 bits per heavy atom. The number of nitrogens with zero attached hydrogens (tertiary/aromatic N) is 2. The van der Waals surface area contributed by atoms with Gasteiger partial charge in [0.1, 0.15) is 0 Å². The van der Waals surface area contributed by atoms with Crippen LogP contribution in [0.2, 0.25) is 5.02 Å². The number of carbonyl (C=O) groups is 3. The van der Waals surface area contributed by atoms with Gasteiger partial charge in [-0.15, -0.1) is 0 Å². The van der Waals surface area contributed by atoms with E-state index < -0.39 is 11.8 Å². The van der Waals surface area contributed by atoms with Crippen molar-refractivity contribution in [1.29, 1.82) is 0 Å². The molecule has 1 heterocycles. The van der Waals surface area contributed by atoms with Gasteiger partial charge in [0.25, 0.3) is 5.91 Å². The van der Waals surface area contributed by atoms with Crippen LogP contribution < -0.4 is 16.0 Å². The maximum absolute atomic E-state index is 12.4. The maximum atomic E-state index is 12.4. The highest BCUT2D eigenvalue weighted by Gasteiger charge is 2.22. The van der Waals surface area contributed by atoms with E-state index in [9.17, 15) is 14.4 Å². The molecule has 3 amide bonds. The summed E-state index contributed by atoms with van der Waals surface area (Å²) in [7, 11) is 0. The molecule has 8 heteroatoms. The van der Waals surface area contributed by atoms with E-state index in [-0.39, 0.29) is 23.6 Å². The molecule has 0 bridgehead atoms. The predicted octanol–water partition coefficient (Wildman–Crippen LogP) is 1.52. The molecule has 0 atom stereocenters. The van der Waals surface area contributed by atoms with Gasteiger partial charge in [-0.2, -0.15) is 0 Å². The van der Waals surface area contributed by atoms with Crippen molar-refractivity contribution >= 4 is 35.0 Å². The summed E-state index contributed by atoms with van der Waals surface area (Å²) in [6, 6.07) is 13.7. The molecule has 3 rings (SSSR count). The van der Waals surface area contributed by atoms with E-state index in [2.05, 4.69) is 10.2 Å². The van der Waals surface area contributed by atoms with E-state index in [1.54, 1.807) is 17.0 Å². The molecule has 0 aromatic heterocycles. The van der Waals surface area contributed by atoms with E-state index in [0.717, 1.165) is 5.69 Å². The minimum atomic E-state index is -0.608. The van der Waals surface area contributed by atoms with Crippen molar-refractivity contribution in [3.05, 3.63) is 64.7 Å². The summed E-state index contributed by atoms with van der Waals surface area (Å²) in [5.41, 5.74) is 6.78. The second-order valence-electron chi connectivity index (χ2n) is 6.48. The van der Waals surface area contributed by atoms with Gasteiger partial charge in [-0.05, 0) is 36.4 Å². The Bertz CT molecular complexity index is 895. The van der Waals surface area contributed by atoms with Crippen LogP contribution in [0.4, 0.5) is 5.69 Å². The number of anilines is 1. The molecule has 1 saturated heterocycles. The number of rotatable bonds is 5. The number of hydrogen-bond acceptors (Lipinski definition) is 4. The second kappa shape index (κ2) is 8.75. The third kappa shape index (κ3) is 4.80. The minimum Gasteiger partial charge on any atom is -0.368 e. The number of primary amides is 1. The average Bonchev–Trinajstić information content (AvgIpc) is 2.72. The second-order valence-corrected chi connectivity index (χ2v) is 6.91. The third-order valence-electron chi connectivity index (χ3n) is 4.62. The van der Waals surface area contributed by atoms with Gasteiger partial charge >= 0.3 is 0 Å². The lowest BCUT2D eigenvalue weighted by Gasteiger charge is -2.36. The Balaban J connectivity index is 1.50. The van der Waals surface area contributed by atoms with Crippen molar-refractivity contribution in [2.24, 2.45) is 5.73 Å². The first-order chi connectivity index (χ1) is 13.4. The summed E-state index contributed by atoms with van der Waals surface area (Å²) < 4.78 is 0. The monoisotopic (exact) mass is 400 g/mol. The molecule has 3 N–H and O–H groups in total. The fraction of sp³-hybridized carbons (Fsp3) is 0.250. The molecule has 1 fully saturated rings. The molecule has 2 aromatic carbocycles. The van der Waals surface area contributed by atoms with Crippen molar-refractivity contribution < 1.29 is 14.4 Å². The summed E-state index contributed by atoms with van der Waals surface area (Å²) >= 11 is 6.03. The van der Waals surface area contributed by atoms with Crippen molar-refractivity contribution in [3.8, 4) is 0 Å². The zero-order chi connectivity index (χ0) is 20.1. The molecule has 7 nitrogen and oxygen atoms in total. The van der Waals surface area contributed by atoms with Crippen LogP contribution in [0.15, 0.2) is 48.5 Å². The fourth-order valence-corrected chi connectivity index (χ4v) is 3.25. The number of carbonyl (C=O) groups excluding carboxylic acids is 3. The number of amides is 3. The van der Waals surface area contributed by atoms with Gasteiger partial charge in [-0.25, -0.2) is 0 Å². The van der Waals surface area contributed by atoms with Crippen molar-refractivity contribution in [3.63, 3.8) is 0 Å². The van der Waals surface area contributed by atoms with Crippen LogP contribution in [0.1, 0.15) is 20.7 Å². The lowest BCUT2D eigenvalue weighted by molar-refractivity contribution is -0.130. The number of hydrogen-bond donors (Lipinski definition) is 2. The van der Waals surface area contributed by atoms with Crippen LogP contribution in [0.25, 0.3) is 0 Å². The van der Waals surface area contributed by atoms with Gasteiger partial charge in [0.05, 0.1) is 6.54 Å². The van der Waals surface area contributed by atoms with Crippen molar-refractivity contribution in [2.75, 3.05) is 37.6 Å². The molecule has 0 aliphatic carbocycles. The van der Waals surface area contributed by atoms with Gasteiger partial charge in [-0.3, -0.25) is 14.4 Å². The smallest absolute Gasteiger partial charge is 0.251 e. The highest BCUT2D eigenvalue weighted by molar-refractivity contribution is 6.30. The first-order valence-corrected chi connectivity index (χ1v) is 9.28. The van der Waals surface area contributed by atoms with Gasteiger partial charge in [0.2, 0.25) is 11.8 Å². The molecule has 1 aliphatic rings. The van der Waals surface area contributed by atoms with Crippen LogP contribution >= 0.6 is 11.6 Å². The number of halogens is 1. The SMILES string of the molecule is NC(=O)c1cccc(C(=O)NCC(=O)N2CCN(c3cccc(Cl)c3)CC2)c1. The number of nitrogens with one attached hydrogen (secondary N) is 1.